The highest BCUT2D eigenvalue weighted by Crippen LogP contribution is 2.44. The summed E-state index contributed by atoms with van der Waals surface area (Å²) in [6.45, 7) is 0. The lowest BCUT2D eigenvalue weighted by Gasteiger charge is -2.27. The molecule has 0 radical (unpaired) electrons. The molecule has 0 aliphatic rings. The maximum atomic E-state index is 6.36. The molecule has 10 aromatic rings. The number of hydrogen-bond acceptors (Lipinski definition) is 3. The molecule has 49 heavy (non-hydrogen) atoms. The lowest BCUT2D eigenvalue weighted by molar-refractivity contribution is 0.668. The Morgan fingerprint density at radius 3 is 1.73 bits per heavy atom. The standard InChI is InChI=1S/C46H29NO2/c1-2-11-32-28-34(23-22-30(32)10-1)33-12-7-13-36(29-33)47(40-17-9-21-44-46(40)39-15-4-6-19-42(39)49-44)35-26-24-31(25-27-35)37-16-8-20-43-45(37)38-14-3-5-18-41(38)48-43/h1-29H. The normalized spacial score (nSPS) is 11.7. The molecule has 0 unspecified atom stereocenters. The van der Waals surface area contributed by atoms with Crippen LogP contribution in [0.1, 0.15) is 0 Å². The number of hydrogen-bond donors (Lipinski definition) is 0. The smallest absolute Gasteiger partial charge is 0.137 e. The van der Waals surface area contributed by atoms with Crippen LogP contribution in [0.15, 0.2) is 185 Å². The zero-order chi connectivity index (χ0) is 32.3. The third kappa shape index (κ3) is 4.51. The highest BCUT2D eigenvalue weighted by atomic mass is 16.3. The maximum absolute atomic E-state index is 6.36. The van der Waals surface area contributed by atoms with Crippen molar-refractivity contribution >= 4 is 71.7 Å². The van der Waals surface area contributed by atoms with Crippen LogP contribution in [-0.2, 0) is 0 Å². The van der Waals surface area contributed by atoms with Crippen molar-refractivity contribution in [3.8, 4) is 22.3 Å². The van der Waals surface area contributed by atoms with Crippen LogP contribution >= 0.6 is 0 Å². The Bertz CT molecular complexity index is 2840. The predicted molar refractivity (Wildman–Crippen MR) is 204 cm³/mol. The number of anilines is 3. The Morgan fingerprint density at radius 2 is 0.939 bits per heavy atom. The van der Waals surface area contributed by atoms with E-state index < -0.39 is 0 Å². The Kier molecular flexibility index (Phi) is 6.18. The molecule has 2 heterocycles. The van der Waals surface area contributed by atoms with Crippen molar-refractivity contribution in [3.63, 3.8) is 0 Å². The molecule has 0 amide bonds. The Morgan fingerprint density at radius 1 is 0.347 bits per heavy atom. The van der Waals surface area contributed by atoms with Crippen molar-refractivity contribution in [1.29, 1.82) is 0 Å². The van der Waals surface area contributed by atoms with Crippen molar-refractivity contribution in [2.75, 3.05) is 4.90 Å². The summed E-state index contributed by atoms with van der Waals surface area (Å²) in [5.41, 5.74) is 11.4. The molecule has 0 spiro atoms. The van der Waals surface area contributed by atoms with Gasteiger partial charge in [-0.1, -0.05) is 115 Å². The van der Waals surface area contributed by atoms with E-state index in [0.29, 0.717) is 0 Å². The topological polar surface area (TPSA) is 29.5 Å². The van der Waals surface area contributed by atoms with Gasteiger partial charge in [0.25, 0.3) is 0 Å². The van der Waals surface area contributed by atoms with Crippen molar-refractivity contribution in [2.24, 2.45) is 0 Å². The van der Waals surface area contributed by atoms with Gasteiger partial charge in [-0.05, 0) is 93.7 Å². The van der Waals surface area contributed by atoms with Gasteiger partial charge in [0.15, 0.2) is 0 Å². The van der Waals surface area contributed by atoms with Gasteiger partial charge in [-0.2, -0.15) is 0 Å². The first-order valence-corrected chi connectivity index (χ1v) is 16.6. The van der Waals surface area contributed by atoms with Crippen LogP contribution in [0.5, 0.6) is 0 Å². The summed E-state index contributed by atoms with van der Waals surface area (Å²) >= 11 is 0. The molecule has 0 bridgehead atoms. The molecule has 2 aromatic heterocycles. The molecule has 0 saturated carbocycles. The Labute approximate surface area is 282 Å². The molecule has 0 fully saturated rings. The number of para-hydroxylation sites is 2. The maximum Gasteiger partial charge on any atom is 0.137 e. The molecule has 230 valence electrons. The van der Waals surface area contributed by atoms with Crippen molar-refractivity contribution in [2.45, 2.75) is 0 Å². The summed E-state index contributed by atoms with van der Waals surface area (Å²) in [6, 6.07) is 62.1. The van der Waals surface area contributed by atoms with Crippen LogP contribution in [0.3, 0.4) is 0 Å². The molecule has 8 aromatic carbocycles. The molecule has 0 aliphatic heterocycles. The van der Waals surface area contributed by atoms with Crippen molar-refractivity contribution in [1.82, 2.24) is 0 Å². The number of rotatable bonds is 5. The van der Waals surface area contributed by atoms with E-state index in [4.69, 9.17) is 8.83 Å². The van der Waals surface area contributed by atoms with E-state index in [1.165, 1.54) is 16.3 Å². The largest absolute Gasteiger partial charge is 0.456 e. The fraction of sp³-hybridized carbons (Fsp3) is 0. The molecular formula is C46H29NO2. The zero-order valence-electron chi connectivity index (χ0n) is 26.5. The van der Waals surface area contributed by atoms with Gasteiger partial charge in [-0.15, -0.1) is 0 Å². The fourth-order valence-electron chi connectivity index (χ4n) is 7.37. The second-order valence-corrected chi connectivity index (χ2v) is 12.5. The highest BCUT2D eigenvalue weighted by Gasteiger charge is 2.20. The molecule has 10 rings (SSSR count). The lowest BCUT2D eigenvalue weighted by Crippen LogP contribution is -2.10. The van der Waals surface area contributed by atoms with E-state index in [9.17, 15) is 0 Å². The van der Waals surface area contributed by atoms with Gasteiger partial charge in [-0.25, -0.2) is 0 Å². The van der Waals surface area contributed by atoms with Crippen LogP contribution in [0.4, 0.5) is 17.1 Å². The van der Waals surface area contributed by atoms with Crippen LogP contribution in [0, 0.1) is 0 Å². The Balaban J connectivity index is 1.16. The quantitative estimate of drug-likeness (QED) is 0.190. The summed E-state index contributed by atoms with van der Waals surface area (Å²) in [5, 5.41) is 6.92. The van der Waals surface area contributed by atoms with Gasteiger partial charge in [0.1, 0.15) is 22.3 Å². The van der Waals surface area contributed by atoms with Crippen LogP contribution in [0.25, 0.3) is 76.9 Å². The summed E-state index contributed by atoms with van der Waals surface area (Å²) in [6.07, 6.45) is 0. The predicted octanol–water partition coefficient (Wildman–Crippen LogP) is 13.4. The minimum atomic E-state index is 0.865. The van der Waals surface area contributed by atoms with Gasteiger partial charge in [0.2, 0.25) is 0 Å². The molecule has 3 nitrogen and oxygen atoms in total. The first-order chi connectivity index (χ1) is 24.3. The summed E-state index contributed by atoms with van der Waals surface area (Å²) in [7, 11) is 0. The van der Waals surface area contributed by atoms with E-state index >= 15 is 0 Å². The van der Waals surface area contributed by atoms with Gasteiger partial charge >= 0.3 is 0 Å². The summed E-state index contributed by atoms with van der Waals surface area (Å²) in [5.74, 6) is 0. The van der Waals surface area contributed by atoms with E-state index in [0.717, 1.165) is 77.6 Å². The van der Waals surface area contributed by atoms with Crippen LogP contribution in [0.2, 0.25) is 0 Å². The van der Waals surface area contributed by atoms with Crippen LogP contribution < -0.4 is 4.90 Å². The van der Waals surface area contributed by atoms with E-state index in [-0.39, 0.29) is 0 Å². The summed E-state index contributed by atoms with van der Waals surface area (Å²) < 4.78 is 12.6. The first-order valence-electron chi connectivity index (χ1n) is 16.6. The average molecular weight is 628 g/mol. The van der Waals surface area contributed by atoms with Gasteiger partial charge in [0.05, 0.1) is 11.1 Å². The third-order valence-electron chi connectivity index (χ3n) is 9.65. The SMILES string of the molecule is c1cc(-c2ccc3ccccc3c2)cc(N(c2ccc(-c3cccc4oc5ccccc5c34)cc2)c2cccc3oc4ccccc4c23)c1. The van der Waals surface area contributed by atoms with Crippen molar-refractivity contribution in [3.05, 3.63) is 176 Å². The molecule has 0 aliphatic carbocycles. The number of benzene rings is 8. The lowest BCUT2D eigenvalue weighted by atomic mass is 9.98. The molecular weight excluding hydrogens is 599 g/mol. The summed E-state index contributed by atoms with van der Waals surface area (Å²) in [4.78, 5) is 2.35. The number of nitrogens with zero attached hydrogens (tertiary/aromatic N) is 1. The number of fused-ring (bicyclic) bond motifs is 7. The van der Waals surface area contributed by atoms with Crippen molar-refractivity contribution < 1.29 is 8.83 Å². The van der Waals surface area contributed by atoms with Gasteiger partial charge < -0.3 is 13.7 Å². The monoisotopic (exact) mass is 627 g/mol. The van der Waals surface area contributed by atoms with Gasteiger partial charge in [0, 0.05) is 27.5 Å². The highest BCUT2D eigenvalue weighted by molar-refractivity contribution is 6.14. The average Bonchev–Trinajstić information content (AvgIpc) is 3.74. The second kappa shape index (κ2) is 11.0. The minimum absolute atomic E-state index is 0.865. The molecule has 0 atom stereocenters. The molecule has 0 saturated heterocycles. The minimum Gasteiger partial charge on any atom is -0.456 e. The second-order valence-electron chi connectivity index (χ2n) is 12.5. The fourth-order valence-corrected chi connectivity index (χ4v) is 7.37. The molecule has 0 N–H and O–H groups in total. The third-order valence-corrected chi connectivity index (χ3v) is 9.65. The van der Waals surface area contributed by atoms with E-state index in [1.54, 1.807) is 0 Å². The van der Waals surface area contributed by atoms with Gasteiger partial charge in [-0.3, -0.25) is 0 Å². The molecule has 3 heteroatoms. The first kappa shape index (κ1) is 27.5. The van der Waals surface area contributed by atoms with Crippen LogP contribution in [-0.4, -0.2) is 0 Å². The van der Waals surface area contributed by atoms with E-state index in [1.807, 2.05) is 30.3 Å². The number of furan rings is 2. The Hall–Kier alpha value is -6.58. The van der Waals surface area contributed by atoms with E-state index in [2.05, 4.69) is 150 Å². The zero-order valence-corrected chi connectivity index (χ0v) is 26.5.